The molecule has 0 saturated carbocycles. The Hall–Kier alpha value is -3.65. The highest BCUT2D eigenvalue weighted by Gasteiger charge is 2.13. The van der Waals surface area contributed by atoms with Gasteiger partial charge >= 0.3 is 0 Å². The molecule has 27 heavy (non-hydrogen) atoms. The van der Waals surface area contributed by atoms with E-state index >= 15 is 0 Å². The Morgan fingerprint density at radius 3 is 2.67 bits per heavy atom. The molecule has 0 spiro atoms. The first-order valence-electron chi connectivity index (χ1n) is 8.58. The molecule has 0 aliphatic rings. The van der Waals surface area contributed by atoms with Gasteiger partial charge in [-0.25, -0.2) is 9.37 Å². The number of para-hydroxylation sites is 1. The SMILES string of the molecule is Cc1cc(/C=C(\C#N)c2nc3ccc(F)cc3[nH]2)c(C)n1-c1ccccc1. The highest BCUT2D eigenvalue weighted by molar-refractivity contribution is 5.90. The van der Waals surface area contributed by atoms with Gasteiger partial charge in [0.2, 0.25) is 0 Å². The van der Waals surface area contributed by atoms with Crippen molar-refractivity contribution in [3.05, 3.63) is 83.2 Å². The van der Waals surface area contributed by atoms with Crippen LogP contribution in [-0.2, 0) is 0 Å². The zero-order chi connectivity index (χ0) is 19.0. The average Bonchev–Trinajstić information content (AvgIpc) is 3.20. The van der Waals surface area contributed by atoms with Crippen LogP contribution >= 0.6 is 0 Å². The summed E-state index contributed by atoms with van der Waals surface area (Å²) in [5, 5.41) is 9.65. The largest absolute Gasteiger partial charge is 0.337 e. The van der Waals surface area contributed by atoms with Crippen LogP contribution < -0.4 is 0 Å². The molecule has 0 aliphatic carbocycles. The Bertz CT molecular complexity index is 1210. The highest BCUT2D eigenvalue weighted by atomic mass is 19.1. The van der Waals surface area contributed by atoms with Crippen molar-refractivity contribution in [3.8, 4) is 11.8 Å². The molecule has 4 nitrogen and oxygen atoms in total. The highest BCUT2D eigenvalue weighted by Crippen LogP contribution is 2.25. The summed E-state index contributed by atoms with van der Waals surface area (Å²) < 4.78 is 15.6. The number of H-pyrrole nitrogens is 1. The monoisotopic (exact) mass is 356 g/mol. The average molecular weight is 356 g/mol. The summed E-state index contributed by atoms with van der Waals surface area (Å²) >= 11 is 0. The second-order valence-corrected chi connectivity index (χ2v) is 6.41. The Balaban J connectivity index is 1.80. The third kappa shape index (κ3) is 3.02. The molecule has 0 atom stereocenters. The first-order valence-corrected chi connectivity index (χ1v) is 8.58. The summed E-state index contributed by atoms with van der Waals surface area (Å²) in [6.07, 6.45) is 1.82. The Morgan fingerprint density at radius 2 is 1.93 bits per heavy atom. The van der Waals surface area contributed by atoms with Crippen molar-refractivity contribution in [1.82, 2.24) is 14.5 Å². The van der Waals surface area contributed by atoms with E-state index in [1.807, 2.05) is 56.3 Å². The second kappa shape index (κ2) is 6.58. The van der Waals surface area contributed by atoms with Gasteiger partial charge in [-0.2, -0.15) is 5.26 Å². The van der Waals surface area contributed by atoms with Gasteiger partial charge in [-0.3, -0.25) is 0 Å². The first kappa shape index (κ1) is 16.8. The van der Waals surface area contributed by atoms with Gasteiger partial charge in [-0.15, -0.1) is 0 Å². The van der Waals surface area contributed by atoms with Crippen molar-refractivity contribution in [2.75, 3.05) is 0 Å². The van der Waals surface area contributed by atoms with E-state index in [1.165, 1.54) is 12.1 Å². The van der Waals surface area contributed by atoms with Gasteiger partial charge in [0, 0.05) is 17.1 Å². The smallest absolute Gasteiger partial charge is 0.149 e. The standard InChI is InChI=1S/C22H17FN4/c1-14-10-16(15(2)27(14)19-6-4-3-5-7-19)11-17(13-24)22-25-20-9-8-18(23)12-21(20)26-22/h3-12H,1-2H3,(H,25,26)/b17-11+. The van der Waals surface area contributed by atoms with E-state index in [-0.39, 0.29) is 5.82 Å². The molecule has 0 saturated heterocycles. The molecule has 0 aliphatic heterocycles. The van der Waals surface area contributed by atoms with Crippen molar-refractivity contribution in [1.29, 1.82) is 5.26 Å². The third-order valence-corrected chi connectivity index (χ3v) is 4.60. The molecule has 4 aromatic rings. The fourth-order valence-corrected chi connectivity index (χ4v) is 3.33. The minimum absolute atomic E-state index is 0.341. The number of nitriles is 1. The summed E-state index contributed by atoms with van der Waals surface area (Å²) in [5.74, 6) is 0.0919. The van der Waals surface area contributed by atoms with Crippen LogP contribution in [0.4, 0.5) is 4.39 Å². The maximum Gasteiger partial charge on any atom is 0.149 e. The summed E-state index contributed by atoms with van der Waals surface area (Å²) in [6.45, 7) is 4.06. The van der Waals surface area contributed by atoms with Gasteiger partial charge in [0.25, 0.3) is 0 Å². The van der Waals surface area contributed by atoms with Crippen LogP contribution in [0.15, 0.2) is 54.6 Å². The lowest BCUT2D eigenvalue weighted by Crippen LogP contribution is -1.98. The first-order chi connectivity index (χ1) is 13.1. The number of imidazole rings is 1. The minimum Gasteiger partial charge on any atom is -0.337 e. The summed E-state index contributed by atoms with van der Waals surface area (Å²) in [5.41, 5.74) is 5.73. The quantitative estimate of drug-likeness (QED) is 0.515. The van der Waals surface area contributed by atoms with E-state index in [0.717, 1.165) is 22.6 Å². The van der Waals surface area contributed by atoms with Crippen molar-refractivity contribution >= 4 is 22.7 Å². The number of benzene rings is 2. The Kier molecular flexibility index (Phi) is 4.09. The maximum atomic E-state index is 13.4. The van der Waals surface area contributed by atoms with Gasteiger partial charge in [-0.05, 0) is 61.9 Å². The van der Waals surface area contributed by atoms with Crippen LogP contribution in [0.25, 0.3) is 28.4 Å². The van der Waals surface area contributed by atoms with E-state index in [4.69, 9.17) is 0 Å². The molecule has 2 aromatic heterocycles. The van der Waals surface area contributed by atoms with Gasteiger partial charge in [-0.1, -0.05) is 18.2 Å². The zero-order valence-electron chi connectivity index (χ0n) is 15.0. The van der Waals surface area contributed by atoms with E-state index in [9.17, 15) is 9.65 Å². The number of rotatable bonds is 3. The lowest BCUT2D eigenvalue weighted by Gasteiger charge is -2.09. The molecule has 0 bridgehead atoms. The van der Waals surface area contributed by atoms with Crippen LogP contribution in [0.3, 0.4) is 0 Å². The molecule has 2 heterocycles. The van der Waals surface area contributed by atoms with E-state index in [1.54, 1.807) is 6.07 Å². The summed E-state index contributed by atoms with van der Waals surface area (Å²) in [4.78, 5) is 7.45. The molecule has 5 heteroatoms. The molecule has 0 fully saturated rings. The summed E-state index contributed by atoms with van der Waals surface area (Å²) in [6, 6.07) is 18.7. The number of allylic oxidation sites excluding steroid dienone is 1. The van der Waals surface area contributed by atoms with Crippen molar-refractivity contribution < 1.29 is 4.39 Å². The molecule has 0 radical (unpaired) electrons. The topological polar surface area (TPSA) is 57.4 Å². The maximum absolute atomic E-state index is 13.4. The fourth-order valence-electron chi connectivity index (χ4n) is 3.33. The number of aryl methyl sites for hydroxylation is 1. The minimum atomic E-state index is -0.341. The lowest BCUT2D eigenvalue weighted by atomic mass is 10.1. The van der Waals surface area contributed by atoms with E-state index < -0.39 is 0 Å². The number of aromatic nitrogens is 3. The number of aromatic amines is 1. The molecular formula is C22H17FN4. The number of nitrogens with one attached hydrogen (secondary N) is 1. The number of halogens is 1. The zero-order valence-corrected chi connectivity index (χ0v) is 15.0. The number of hydrogen-bond donors (Lipinski definition) is 1. The van der Waals surface area contributed by atoms with Crippen molar-refractivity contribution in [2.24, 2.45) is 0 Å². The Labute approximate surface area is 156 Å². The molecule has 0 unspecified atom stereocenters. The number of hydrogen-bond acceptors (Lipinski definition) is 2. The van der Waals surface area contributed by atoms with Crippen molar-refractivity contribution in [2.45, 2.75) is 13.8 Å². The predicted octanol–water partition coefficient (Wildman–Crippen LogP) is 5.17. The van der Waals surface area contributed by atoms with Gasteiger partial charge in [0.1, 0.15) is 17.7 Å². The molecule has 0 amide bonds. The normalized spacial score (nSPS) is 11.7. The van der Waals surface area contributed by atoms with Crippen molar-refractivity contribution in [3.63, 3.8) is 0 Å². The fraction of sp³-hybridized carbons (Fsp3) is 0.0909. The Morgan fingerprint density at radius 1 is 1.15 bits per heavy atom. The number of nitrogens with zero attached hydrogens (tertiary/aromatic N) is 3. The summed E-state index contributed by atoms with van der Waals surface area (Å²) in [7, 11) is 0. The van der Waals surface area contributed by atoms with Crippen LogP contribution in [0.5, 0.6) is 0 Å². The van der Waals surface area contributed by atoms with Crippen LogP contribution in [0.1, 0.15) is 22.8 Å². The molecule has 2 aromatic carbocycles. The molecule has 132 valence electrons. The van der Waals surface area contributed by atoms with E-state index in [0.29, 0.717) is 22.4 Å². The predicted molar refractivity (Wildman–Crippen MR) is 105 cm³/mol. The van der Waals surface area contributed by atoms with Gasteiger partial charge in [0.05, 0.1) is 16.6 Å². The lowest BCUT2D eigenvalue weighted by molar-refractivity contribution is 0.629. The van der Waals surface area contributed by atoms with Crippen LogP contribution in [0, 0.1) is 31.0 Å². The molecular weight excluding hydrogens is 339 g/mol. The van der Waals surface area contributed by atoms with E-state index in [2.05, 4.69) is 20.6 Å². The molecule has 4 rings (SSSR count). The van der Waals surface area contributed by atoms with Gasteiger partial charge < -0.3 is 9.55 Å². The van der Waals surface area contributed by atoms with Crippen LogP contribution in [0.2, 0.25) is 0 Å². The van der Waals surface area contributed by atoms with Gasteiger partial charge in [0.15, 0.2) is 0 Å². The number of fused-ring (bicyclic) bond motifs is 1. The third-order valence-electron chi connectivity index (χ3n) is 4.60. The van der Waals surface area contributed by atoms with Crippen LogP contribution in [-0.4, -0.2) is 14.5 Å². The second-order valence-electron chi connectivity index (χ2n) is 6.41. The molecule has 1 N–H and O–H groups in total.